The van der Waals surface area contributed by atoms with Gasteiger partial charge in [0, 0.05) is 32.2 Å². The fraction of sp³-hybridized carbons (Fsp3) is 0.600. The molecule has 1 aromatic carbocycles. The predicted molar refractivity (Wildman–Crippen MR) is 101 cm³/mol. The van der Waals surface area contributed by atoms with E-state index in [1.54, 1.807) is 18.1 Å². The van der Waals surface area contributed by atoms with E-state index in [1.807, 2.05) is 26.8 Å². The molecule has 1 fully saturated rings. The Morgan fingerprint density at radius 3 is 2.44 bits per heavy atom. The van der Waals surface area contributed by atoms with Gasteiger partial charge in [0.25, 0.3) is 0 Å². The van der Waals surface area contributed by atoms with Gasteiger partial charge in [0.1, 0.15) is 17.1 Å². The Labute approximate surface area is 160 Å². The third-order valence-electron chi connectivity index (χ3n) is 4.96. The highest BCUT2D eigenvalue weighted by Gasteiger charge is 2.33. The lowest BCUT2D eigenvalue weighted by molar-refractivity contribution is 0.0108. The number of ether oxygens (including phenoxy) is 3. The molecule has 0 bridgehead atoms. The summed E-state index contributed by atoms with van der Waals surface area (Å²) in [5.41, 5.74) is 1.01. The van der Waals surface area contributed by atoms with Gasteiger partial charge in [0.2, 0.25) is 5.78 Å². The molecule has 2 aliphatic heterocycles. The Balaban J connectivity index is 1.73. The van der Waals surface area contributed by atoms with Crippen LogP contribution in [0, 0.1) is 0 Å². The first-order chi connectivity index (χ1) is 12.7. The monoisotopic (exact) mass is 376 g/mol. The van der Waals surface area contributed by atoms with E-state index in [2.05, 4.69) is 11.8 Å². The first-order valence-corrected chi connectivity index (χ1v) is 9.30. The Hall–Kier alpha value is -2.28. The topological polar surface area (TPSA) is 68.3 Å². The number of methoxy groups -OCH3 is 1. The van der Waals surface area contributed by atoms with Crippen molar-refractivity contribution in [1.29, 1.82) is 0 Å². The molecule has 0 spiro atoms. The number of ketones is 1. The van der Waals surface area contributed by atoms with Crippen molar-refractivity contribution in [2.75, 3.05) is 39.9 Å². The molecule has 3 rings (SSSR count). The van der Waals surface area contributed by atoms with Crippen molar-refractivity contribution < 1.29 is 23.8 Å². The third kappa shape index (κ3) is 4.03. The summed E-state index contributed by atoms with van der Waals surface area (Å²) < 4.78 is 16.7. The second-order valence-corrected chi connectivity index (χ2v) is 7.95. The number of amides is 1. The number of carbonyl (C=O) groups excluding carboxylic acids is 2. The zero-order valence-corrected chi connectivity index (χ0v) is 16.7. The van der Waals surface area contributed by atoms with Crippen LogP contribution in [0.15, 0.2) is 12.1 Å². The normalized spacial score (nSPS) is 18.7. The summed E-state index contributed by atoms with van der Waals surface area (Å²) in [7, 11) is 1.62. The molecular formula is C20H28N2O5. The minimum atomic E-state index is -0.497. The van der Waals surface area contributed by atoms with Crippen molar-refractivity contribution in [2.45, 2.75) is 39.3 Å². The number of hydrogen-bond acceptors (Lipinski definition) is 6. The van der Waals surface area contributed by atoms with E-state index in [9.17, 15) is 9.59 Å². The molecule has 7 heteroatoms. The van der Waals surface area contributed by atoms with Gasteiger partial charge < -0.3 is 19.1 Å². The minimum absolute atomic E-state index is 0.00147. The van der Waals surface area contributed by atoms with Gasteiger partial charge in [-0.2, -0.15) is 0 Å². The van der Waals surface area contributed by atoms with Crippen LogP contribution in [0.4, 0.5) is 4.79 Å². The standard InChI is InChI=1S/C20H28N2O5/c1-13(17-16(25-5)7-6-14-15(23)12-26-18(14)17)21-8-10-22(11-9-21)19(24)27-20(2,3)4/h6-7,13H,8-12H2,1-5H3. The van der Waals surface area contributed by atoms with Crippen LogP contribution in [0.2, 0.25) is 0 Å². The van der Waals surface area contributed by atoms with Gasteiger partial charge in [0.15, 0.2) is 6.61 Å². The summed E-state index contributed by atoms with van der Waals surface area (Å²) in [6.07, 6.45) is -0.276. The van der Waals surface area contributed by atoms with E-state index in [0.717, 1.165) is 5.56 Å². The summed E-state index contributed by atoms with van der Waals surface area (Å²) in [5, 5.41) is 0. The number of nitrogens with zero attached hydrogens (tertiary/aromatic N) is 2. The largest absolute Gasteiger partial charge is 0.496 e. The van der Waals surface area contributed by atoms with Crippen LogP contribution in [-0.2, 0) is 4.74 Å². The summed E-state index contributed by atoms with van der Waals surface area (Å²) in [6.45, 7) is 10.4. The highest BCUT2D eigenvalue weighted by Crippen LogP contribution is 2.42. The Morgan fingerprint density at radius 2 is 1.85 bits per heavy atom. The van der Waals surface area contributed by atoms with Gasteiger partial charge in [-0.15, -0.1) is 0 Å². The second kappa shape index (κ2) is 7.38. The molecule has 2 aliphatic rings. The van der Waals surface area contributed by atoms with E-state index >= 15 is 0 Å². The van der Waals surface area contributed by atoms with Gasteiger partial charge in [-0.3, -0.25) is 9.69 Å². The van der Waals surface area contributed by atoms with Crippen molar-refractivity contribution >= 4 is 11.9 Å². The molecule has 0 radical (unpaired) electrons. The fourth-order valence-electron chi connectivity index (χ4n) is 3.55. The molecule has 1 unspecified atom stereocenters. The molecule has 1 saturated heterocycles. The van der Waals surface area contributed by atoms with Gasteiger partial charge in [-0.1, -0.05) is 0 Å². The van der Waals surface area contributed by atoms with E-state index in [1.165, 1.54) is 0 Å². The smallest absolute Gasteiger partial charge is 0.410 e. The minimum Gasteiger partial charge on any atom is -0.496 e. The molecule has 2 heterocycles. The molecule has 0 N–H and O–H groups in total. The second-order valence-electron chi connectivity index (χ2n) is 7.95. The van der Waals surface area contributed by atoms with Crippen LogP contribution >= 0.6 is 0 Å². The first kappa shape index (κ1) is 19.5. The molecule has 148 valence electrons. The number of Topliss-reactive ketones (excluding diaryl/α,β-unsaturated/α-hetero) is 1. The Morgan fingerprint density at radius 1 is 1.19 bits per heavy atom. The molecule has 1 amide bonds. The summed E-state index contributed by atoms with van der Waals surface area (Å²) in [5.74, 6) is 1.34. The first-order valence-electron chi connectivity index (χ1n) is 9.30. The lowest BCUT2D eigenvalue weighted by Crippen LogP contribution is -2.50. The van der Waals surface area contributed by atoms with Crippen LogP contribution in [0.3, 0.4) is 0 Å². The zero-order chi connectivity index (χ0) is 19.8. The lowest BCUT2D eigenvalue weighted by Gasteiger charge is -2.39. The fourth-order valence-corrected chi connectivity index (χ4v) is 3.55. The van der Waals surface area contributed by atoms with Crippen LogP contribution in [0.1, 0.15) is 49.7 Å². The van der Waals surface area contributed by atoms with E-state index in [0.29, 0.717) is 43.2 Å². The summed E-state index contributed by atoms with van der Waals surface area (Å²) in [6, 6.07) is 3.59. The highest BCUT2D eigenvalue weighted by atomic mass is 16.6. The molecule has 1 aromatic rings. The SMILES string of the molecule is COc1ccc2c(c1C(C)N1CCN(C(=O)OC(C)(C)C)CC1)OCC2=O. The van der Waals surface area contributed by atoms with Crippen molar-refractivity contribution in [1.82, 2.24) is 9.80 Å². The molecular weight excluding hydrogens is 348 g/mol. The maximum Gasteiger partial charge on any atom is 0.410 e. The Bertz CT molecular complexity index is 733. The van der Waals surface area contributed by atoms with Gasteiger partial charge in [-0.05, 0) is 39.8 Å². The number of rotatable bonds is 3. The molecule has 1 atom stereocenters. The predicted octanol–water partition coefficient (Wildman–Crippen LogP) is 2.88. The van der Waals surface area contributed by atoms with Crippen molar-refractivity contribution in [3.05, 3.63) is 23.3 Å². The number of piperazine rings is 1. The van der Waals surface area contributed by atoms with Crippen LogP contribution in [0.25, 0.3) is 0 Å². The molecule has 0 saturated carbocycles. The lowest BCUT2D eigenvalue weighted by atomic mass is 9.99. The van der Waals surface area contributed by atoms with Crippen LogP contribution in [0.5, 0.6) is 11.5 Å². The van der Waals surface area contributed by atoms with Gasteiger partial charge >= 0.3 is 6.09 Å². The number of benzene rings is 1. The van der Waals surface area contributed by atoms with Crippen LogP contribution < -0.4 is 9.47 Å². The van der Waals surface area contributed by atoms with E-state index < -0.39 is 5.60 Å². The molecule has 0 aliphatic carbocycles. The maximum atomic E-state index is 12.3. The highest BCUT2D eigenvalue weighted by molar-refractivity contribution is 6.03. The summed E-state index contributed by atoms with van der Waals surface area (Å²) in [4.78, 5) is 28.3. The van der Waals surface area contributed by atoms with E-state index in [4.69, 9.17) is 14.2 Å². The van der Waals surface area contributed by atoms with Gasteiger partial charge in [0.05, 0.1) is 18.2 Å². The average molecular weight is 376 g/mol. The van der Waals surface area contributed by atoms with Crippen LogP contribution in [-0.4, -0.2) is 67.2 Å². The quantitative estimate of drug-likeness (QED) is 0.808. The molecule has 27 heavy (non-hydrogen) atoms. The van der Waals surface area contributed by atoms with Gasteiger partial charge in [-0.25, -0.2) is 4.79 Å². The average Bonchev–Trinajstić information content (AvgIpc) is 3.00. The summed E-state index contributed by atoms with van der Waals surface area (Å²) >= 11 is 0. The third-order valence-corrected chi connectivity index (χ3v) is 4.96. The number of hydrogen-bond donors (Lipinski definition) is 0. The van der Waals surface area contributed by atoms with Crippen molar-refractivity contribution in [3.8, 4) is 11.5 Å². The number of carbonyl (C=O) groups is 2. The van der Waals surface area contributed by atoms with E-state index in [-0.39, 0.29) is 24.5 Å². The molecule has 0 aromatic heterocycles. The van der Waals surface area contributed by atoms with Crippen molar-refractivity contribution in [2.24, 2.45) is 0 Å². The molecule has 7 nitrogen and oxygen atoms in total. The zero-order valence-electron chi connectivity index (χ0n) is 16.7. The maximum absolute atomic E-state index is 12.3. The van der Waals surface area contributed by atoms with Crippen molar-refractivity contribution in [3.63, 3.8) is 0 Å². The Kier molecular flexibility index (Phi) is 5.33. The number of fused-ring (bicyclic) bond motifs is 1.